The molecule has 152 valence electrons. The van der Waals surface area contributed by atoms with E-state index in [9.17, 15) is 9.59 Å². The second-order valence-corrected chi connectivity index (χ2v) is 7.52. The fourth-order valence-corrected chi connectivity index (χ4v) is 3.58. The van der Waals surface area contributed by atoms with Crippen molar-refractivity contribution in [1.29, 1.82) is 5.41 Å². The fourth-order valence-electron chi connectivity index (χ4n) is 3.58. The van der Waals surface area contributed by atoms with Crippen molar-refractivity contribution in [2.45, 2.75) is 38.4 Å². The molecule has 0 unspecified atom stereocenters. The van der Waals surface area contributed by atoms with E-state index in [1.807, 2.05) is 12.1 Å². The number of rotatable bonds is 7. The van der Waals surface area contributed by atoms with Crippen LogP contribution < -0.4 is 22.1 Å². The highest BCUT2D eigenvalue weighted by molar-refractivity contribution is 5.95. The van der Waals surface area contributed by atoms with Gasteiger partial charge < -0.3 is 22.1 Å². The summed E-state index contributed by atoms with van der Waals surface area (Å²) in [6.45, 7) is 1.96. The van der Waals surface area contributed by atoms with Crippen molar-refractivity contribution in [3.8, 4) is 0 Å². The second-order valence-electron chi connectivity index (χ2n) is 7.52. The van der Waals surface area contributed by atoms with E-state index in [-0.39, 0.29) is 23.6 Å². The van der Waals surface area contributed by atoms with E-state index in [1.54, 1.807) is 31.2 Å². The lowest BCUT2D eigenvalue weighted by Crippen LogP contribution is -2.52. The zero-order valence-electron chi connectivity index (χ0n) is 16.4. The third-order valence-electron chi connectivity index (χ3n) is 5.38. The second kappa shape index (κ2) is 8.87. The largest absolute Gasteiger partial charge is 0.384 e. The van der Waals surface area contributed by atoms with Crippen LogP contribution in [-0.2, 0) is 29.0 Å². The Morgan fingerprint density at radius 2 is 1.66 bits per heavy atom. The molecule has 0 aliphatic heterocycles. The zero-order valence-corrected chi connectivity index (χ0v) is 16.4. The molecular weight excluding hydrogens is 366 g/mol. The minimum absolute atomic E-state index is 0.00128. The van der Waals surface area contributed by atoms with Gasteiger partial charge in [-0.05, 0) is 42.4 Å². The minimum atomic E-state index is -0.686. The van der Waals surface area contributed by atoms with Gasteiger partial charge >= 0.3 is 0 Å². The fraction of sp³-hybridized carbons (Fsp3) is 0.318. The third-order valence-corrected chi connectivity index (χ3v) is 5.38. The van der Waals surface area contributed by atoms with Crippen molar-refractivity contribution < 1.29 is 9.59 Å². The highest BCUT2D eigenvalue weighted by Crippen LogP contribution is 2.28. The van der Waals surface area contributed by atoms with Crippen molar-refractivity contribution in [1.82, 2.24) is 10.6 Å². The Hall–Kier alpha value is -3.19. The van der Waals surface area contributed by atoms with Crippen molar-refractivity contribution in [3.63, 3.8) is 0 Å². The van der Waals surface area contributed by atoms with Crippen LogP contribution in [0, 0.1) is 11.3 Å². The predicted molar refractivity (Wildman–Crippen MR) is 112 cm³/mol. The summed E-state index contributed by atoms with van der Waals surface area (Å²) in [5.41, 5.74) is 15.6. The van der Waals surface area contributed by atoms with E-state index in [2.05, 4.69) is 22.8 Å². The van der Waals surface area contributed by atoms with E-state index in [0.717, 1.165) is 18.4 Å². The molecule has 7 nitrogen and oxygen atoms in total. The Morgan fingerprint density at radius 3 is 2.21 bits per heavy atom. The molecule has 0 radical (unpaired) electrons. The molecule has 2 atom stereocenters. The molecule has 2 amide bonds. The SMILES string of the molecule is C[C@H](NC(=O)[C@H](N)C1Cc2ccccc2C1)C(=O)NCc1ccc(C(=N)N)cc1. The molecule has 2 aromatic rings. The lowest BCUT2D eigenvalue weighted by molar-refractivity contribution is -0.129. The number of carbonyl (C=O) groups excluding carboxylic acids is 2. The Kier molecular flexibility index (Phi) is 6.29. The van der Waals surface area contributed by atoms with E-state index in [1.165, 1.54) is 11.1 Å². The van der Waals surface area contributed by atoms with Gasteiger partial charge in [0.15, 0.2) is 0 Å². The van der Waals surface area contributed by atoms with Crippen molar-refractivity contribution in [2.75, 3.05) is 0 Å². The van der Waals surface area contributed by atoms with Gasteiger partial charge in [0.2, 0.25) is 11.8 Å². The van der Waals surface area contributed by atoms with Gasteiger partial charge in [-0.15, -0.1) is 0 Å². The molecule has 7 N–H and O–H groups in total. The zero-order chi connectivity index (χ0) is 21.0. The van der Waals surface area contributed by atoms with Gasteiger partial charge in [-0.3, -0.25) is 15.0 Å². The Balaban J connectivity index is 1.47. The normalized spacial score (nSPS) is 15.2. The van der Waals surface area contributed by atoms with Gasteiger partial charge in [-0.1, -0.05) is 48.5 Å². The van der Waals surface area contributed by atoms with E-state index >= 15 is 0 Å². The van der Waals surface area contributed by atoms with Crippen LogP contribution in [0.5, 0.6) is 0 Å². The van der Waals surface area contributed by atoms with Gasteiger partial charge in [0.1, 0.15) is 11.9 Å². The number of hydrogen-bond acceptors (Lipinski definition) is 4. The Labute approximate surface area is 170 Å². The van der Waals surface area contributed by atoms with Gasteiger partial charge in [-0.25, -0.2) is 0 Å². The molecule has 1 aliphatic carbocycles. The lowest BCUT2D eigenvalue weighted by Gasteiger charge is -2.21. The monoisotopic (exact) mass is 393 g/mol. The molecule has 0 spiro atoms. The molecule has 29 heavy (non-hydrogen) atoms. The summed E-state index contributed by atoms with van der Waals surface area (Å²) in [5, 5.41) is 12.9. The summed E-state index contributed by atoms with van der Waals surface area (Å²) in [6.07, 6.45) is 1.56. The average Bonchev–Trinajstić information content (AvgIpc) is 3.15. The molecule has 2 aromatic carbocycles. The van der Waals surface area contributed by atoms with E-state index < -0.39 is 12.1 Å². The highest BCUT2D eigenvalue weighted by Gasteiger charge is 2.31. The number of amidine groups is 1. The van der Waals surface area contributed by atoms with Crippen LogP contribution >= 0.6 is 0 Å². The average molecular weight is 393 g/mol. The minimum Gasteiger partial charge on any atom is -0.384 e. The van der Waals surface area contributed by atoms with Crippen LogP contribution in [0.3, 0.4) is 0 Å². The van der Waals surface area contributed by atoms with Crippen LogP contribution in [0.25, 0.3) is 0 Å². The Morgan fingerprint density at radius 1 is 1.07 bits per heavy atom. The maximum atomic E-state index is 12.5. The van der Waals surface area contributed by atoms with Crippen molar-refractivity contribution >= 4 is 17.6 Å². The topological polar surface area (TPSA) is 134 Å². The maximum Gasteiger partial charge on any atom is 0.242 e. The Bertz CT molecular complexity index is 885. The summed E-state index contributed by atoms with van der Waals surface area (Å²) in [6, 6.07) is 13.8. The summed E-state index contributed by atoms with van der Waals surface area (Å²) < 4.78 is 0. The number of hydrogen-bond donors (Lipinski definition) is 5. The van der Waals surface area contributed by atoms with E-state index in [4.69, 9.17) is 16.9 Å². The predicted octanol–water partition coefficient (Wildman–Crippen LogP) is 0.834. The number of nitrogens with two attached hydrogens (primary N) is 2. The summed E-state index contributed by atoms with van der Waals surface area (Å²) >= 11 is 0. The molecule has 0 heterocycles. The molecule has 3 rings (SSSR count). The molecule has 0 saturated carbocycles. The molecule has 0 bridgehead atoms. The molecule has 7 heteroatoms. The molecular formula is C22H27N5O2. The number of nitrogens with one attached hydrogen (secondary N) is 3. The first-order valence-corrected chi connectivity index (χ1v) is 9.69. The van der Waals surface area contributed by atoms with Gasteiger partial charge in [0.05, 0.1) is 6.04 Å². The molecule has 1 aliphatic rings. The smallest absolute Gasteiger partial charge is 0.242 e. The summed E-state index contributed by atoms with van der Waals surface area (Å²) in [4.78, 5) is 24.9. The van der Waals surface area contributed by atoms with E-state index in [0.29, 0.717) is 12.1 Å². The van der Waals surface area contributed by atoms with Crippen LogP contribution in [-0.4, -0.2) is 29.7 Å². The van der Waals surface area contributed by atoms with Gasteiger partial charge in [0.25, 0.3) is 0 Å². The van der Waals surface area contributed by atoms with Crippen molar-refractivity contribution in [2.24, 2.45) is 17.4 Å². The number of carbonyl (C=O) groups is 2. The molecule has 0 aromatic heterocycles. The summed E-state index contributed by atoms with van der Waals surface area (Å²) in [7, 11) is 0. The standard InChI is InChI=1S/C22H27N5O2/c1-13(21(28)26-12-14-6-8-15(9-7-14)20(24)25)27-22(29)19(23)18-10-16-4-2-3-5-17(16)11-18/h2-9,13,18-19H,10-12,23H2,1H3,(H3,24,25)(H,26,28)(H,27,29)/t13-,19+/m0/s1. The maximum absolute atomic E-state index is 12.5. The van der Waals surface area contributed by atoms with Crippen LogP contribution in [0.4, 0.5) is 0 Å². The first-order chi connectivity index (χ1) is 13.8. The number of fused-ring (bicyclic) bond motifs is 1. The number of amides is 2. The number of nitrogen functional groups attached to an aromatic ring is 1. The number of benzene rings is 2. The molecule has 0 fully saturated rings. The first kappa shape index (κ1) is 20.5. The van der Waals surface area contributed by atoms with Crippen molar-refractivity contribution in [3.05, 3.63) is 70.8 Å². The first-order valence-electron chi connectivity index (χ1n) is 9.69. The lowest BCUT2D eigenvalue weighted by atomic mass is 9.96. The van der Waals surface area contributed by atoms with Crippen LogP contribution in [0.15, 0.2) is 48.5 Å². The third kappa shape index (κ3) is 5.00. The quantitative estimate of drug-likeness (QED) is 0.352. The van der Waals surface area contributed by atoms with Crippen LogP contribution in [0.2, 0.25) is 0 Å². The molecule has 0 saturated heterocycles. The highest BCUT2D eigenvalue weighted by atomic mass is 16.2. The van der Waals surface area contributed by atoms with Gasteiger partial charge in [0, 0.05) is 12.1 Å². The van der Waals surface area contributed by atoms with Crippen LogP contribution in [0.1, 0.15) is 29.2 Å². The van der Waals surface area contributed by atoms with Gasteiger partial charge in [-0.2, -0.15) is 0 Å². The summed E-state index contributed by atoms with van der Waals surface area (Å²) in [5.74, 6) is -0.548.